The van der Waals surface area contributed by atoms with Gasteiger partial charge in [0.2, 0.25) is 0 Å². The van der Waals surface area contributed by atoms with E-state index < -0.39 is 11.9 Å². The average Bonchev–Trinajstić information content (AvgIpc) is 2.69. The number of amides is 1. The molecule has 1 unspecified atom stereocenters. The smallest absolute Gasteiger partial charge is 0.259 e. The standard InChI is InChI=1S/C22H23N3O2/c1-2-3-9-14-23-25-20-18-13-8-7-10-16(18)15-19(21(20)26)22(27)24-17-11-5-4-6-12-17/h4-8,10-13,15,20H,2-3,9,14H2,1H3,(H,24,27). The van der Waals surface area contributed by atoms with Crippen LogP contribution in [0, 0.1) is 0 Å². The Balaban J connectivity index is 1.84. The van der Waals surface area contributed by atoms with Crippen LogP contribution in [-0.2, 0) is 9.59 Å². The molecule has 1 atom stereocenters. The number of nitrogens with zero attached hydrogens (tertiary/aromatic N) is 2. The zero-order chi connectivity index (χ0) is 19.1. The summed E-state index contributed by atoms with van der Waals surface area (Å²) in [6, 6.07) is 15.8. The van der Waals surface area contributed by atoms with Gasteiger partial charge in [-0.15, -0.1) is 0 Å². The van der Waals surface area contributed by atoms with Gasteiger partial charge >= 0.3 is 0 Å². The largest absolute Gasteiger partial charge is 0.322 e. The number of anilines is 1. The number of para-hydroxylation sites is 1. The number of carbonyl (C=O) groups is 2. The Bertz CT molecular complexity index is 872. The summed E-state index contributed by atoms with van der Waals surface area (Å²) < 4.78 is 0. The highest BCUT2D eigenvalue weighted by atomic mass is 16.2. The Morgan fingerprint density at radius 2 is 1.78 bits per heavy atom. The molecule has 27 heavy (non-hydrogen) atoms. The second-order valence-corrected chi connectivity index (χ2v) is 6.46. The molecule has 1 amide bonds. The van der Waals surface area contributed by atoms with Crippen molar-refractivity contribution < 1.29 is 9.59 Å². The first-order valence-corrected chi connectivity index (χ1v) is 9.28. The third kappa shape index (κ3) is 4.56. The first kappa shape index (κ1) is 18.7. The Labute approximate surface area is 159 Å². The van der Waals surface area contributed by atoms with Gasteiger partial charge < -0.3 is 5.32 Å². The number of fused-ring (bicyclic) bond motifs is 1. The molecule has 5 heteroatoms. The minimum atomic E-state index is -0.760. The molecule has 0 spiro atoms. The molecule has 2 aromatic rings. The predicted octanol–water partition coefficient (Wildman–Crippen LogP) is 4.97. The van der Waals surface area contributed by atoms with E-state index in [1.807, 2.05) is 42.5 Å². The second-order valence-electron chi connectivity index (χ2n) is 6.46. The number of hydrogen-bond donors (Lipinski definition) is 1. The highest BCUT2D eigenvalue weighted by Crippen LogP contribution is 2.32. The molecule has 0 aliphatic heterocycles. The van der Waals surface area contributed by atoms with Crippen molar-refractivity contribution >= 4 is 23.5 Å². The van der Waals surface area contributed by atoms with E-state index in [0.29, 0.717) is 12.2 Å². The Morgan fingerprint density at radius 3 is 2.56 bits per heavy atom. The monoisotopic (exact) mass is 361 g/mol. The highest BCUT2D eigenvalue weighted by molar-refractivity contribution is 6.29. The van der Waals surface area contributed by atoms with Gasteiger partial charge in [0, 0.05) is 5.69 Å². The zero-order valence-corrected chi connectivity index (χ0v) is 15.4. The van der Waals surface area contributed by atoms with Crippen LogP contribution in [0.25, 0.3) is 6.08 Å². The van der Waals surface area contributed by atoms with Gasteiger partial charge in [0.25, 0.3) is 5.91 Å². The van der Waals surface area contributed by atoms with E-state index in [9.17, 15) is 9.59 Å². The third-order valence-corrected chi connectivity index (χ3v) is 4.44. The van der Waals surface area contributed by atoms with Crippen molar-refractivity contribution in [2.24, 2.45) is 10.2 Å². The maximum atomic E-state index is 13.0. The summed E-state index contributed by atoms with van der Waals surface area (Å²) in [5.74, 6) is -0.742. The molecular weight excluding hydrogens is 338 g/mol. The van der Waals surface area contributed by atoms with Gasteiger partial charge in [-0.25, -0.2) is 0 Å². The maximum absolute atomic E-state index is 13.0. The minimum Gasteiger partial charge on any atom is -0.322 e. The highest BCUT2D eigenvalue weighted by Gasteiger charge is 2.33. The lowest BCUT2D eigenvalue weighted by molar-refractivity contribution is -0.121. The quantitative estimate of drug-likeness (QED) is 0.429. The van der Waals surface area contributed by atoms with Gasteiger partial charge in [-0.1, -0.05) is 62.2 Å². The van der Waals surface area contributed by atoms with Crippen molar-refractivity contribution in [3.8, 4) is 0 Å². The van der Waals surface area contributed by atoms with E-state index in [-0.39, 0.29) is 11.4 Å². The Hall–Kier alpha value is -3.08. The summed E-state index contributed by atoms with van der Waals surface area (Å²) in [4.78, 5) is 25.6. The minimum absolute atomic E-state index is 0.107. The fourth-order valence-corrected chi connectivity index (χ4v) is 2.99. The molecule has 0 aromatic heterocycles. The number of unbranched alkanes of at least 4 members (excludes halogenated alkanes) is 2. The molecule has 1 aliphatic rings. The molecule has 1 N–H and O–H groups in total. The lowest BCUT2D eigenvalue weighted by Crippen LogP contribution is -2.27. The SMILES string of the molecule is CCCCCN=NC1C(=O)C(C(=O)Nc2ccccc2)=Cc2ccccc21. The average molecular weight is 361 g/mol. The number of benzene rings is 2. The Kier molecular flexibility index (Phi) is 6.26. The molecule has 3 rings (SSSR count). The molecule has 0 heterocycles. The molecule has 0 radical (unpaired) electrons. The fraction of sp³-hybridized carbons (Fsp3) is 0.273. The van der Waals surface area contributed by atoms with Crippen LogP contribution in [-0.4, -0.2) is 18.2 Å². The molecule has 138 valence electrons. The molecule has 0 saturated heterocycles. The summed E-state index contributed by atoms with van der Waals surface area (Å²) in [6.07, 6.45) is 4.77. The summed E-state index contributed by atoms with van der Waals surface area (Å²) in [6.45, 7) is 2.72. The van der Waals surface area contributed by atoms with Crippen LogP contribution in [0.3, 0.4) is 0 Å². The normalized spacial score (nSPS) is 16.1. The molecule has 5 nitrogen and oxygen atoms in total. The first-order valence-electron chi connectivity index (χ1n) is 9.28. The summed E-state index contributed by atoms with van der Waals surface area (Å²) >= 11 is 0. The number of hydrogen-bond acceptors (Lipinski definition) is 4. The van der Waals surface area contributed by atoms with Crippen LogP contribution in [0.1, 0.15) is 43.4 Å². The number of nitrogens with one attached hydrogen (secondary N) is 1. The van der Waals surface area contributed by atoms with Gasteiger partial charge in [-0.3, -0.25) is 9.59 Å². The molecule has 0 bridgehead atoms. The summed E-state index contributed by atoms with van der Waals surface area (Å²) in [7, 11) is 0. The van der Waals surface area contributed by atoms with Crippen LogP contribution in [0.2, 0.25) is 0 Å². The molecule has 1 aliphatic carbocycles. The van der Waals surface area contributed by atoms with Crippen molar-refractivity contribution in [3.63, 3.8) is 0 Å². The van der Waals surface area contributed by atoms with Gasteiger partial charge in [-0.2, -0.15) is 10.2 Å². The van der Waals surface area contributed by atoms with E-state index in [1.54, 1.807) is 18.2 Å². The lowest BCUT2D eigenvalue weighted by atomic mass is 9.87. The molecule has 0 saturated carbocycles. The van der Waals surface area contributed by atoms with E-state index in [0.717, 1.165) is 30.4 Å². The Morgan fingerprint density at radius 1 is 1.04 bits per heavy atom. The van der Waals surface area contributed by atoms with Crippen molar-refractivity contribution in [1.82, 2.24) is 0 Å². The van der Waals surface area contributed by atoms with Crippen LogP contribution >= 0.6 is 0 Å². The van der Waals surface area contributed by atoms with E-state index in [4.69, 9.17) is 0 Å². The molecule has 2 aromatic carbocycles. The van der Waals surface area contributed by atoms with Crippen molar-refractivity contribution in [2.45, 2.75) is 32.2 Å². The lowest BCUT2D eigenvalue weighted by Gasteiger charge is -2.20. The second kappa shape index (κ2) is 9.03. The van der Waals surface area contributed by atoms with Gasteiger partial charge in [0.15, 0.2) is 11.8 Å². The first-order chi connectivity index (χ1) is 13.2. The topological polar surface area (TPSA) is 70.9 Å². The zero-order valence-electron chi connectivity index (χ0n) is 15.4. The van der Waals surface area contributed by atoms with E-state index in [1.165, 1.54) is 0 Å². The number of rotatable bonds is 7. The van der Waals surface area contributed by atoms with Gasteiger partial charge in [0.05, 0.1) is 12.1 Å². The van der Waals surface area contributed by atoms with Crippen LogP contribution in [0.5, 0.6) is 0 Å². The van der Waals surface area contributed by atoms with Crippen LogP contribution in [0.15, 0.2) is 70.4 Å². The number of azo groups is 1. The van der Waals surface area contributed by atoms with Crippen LogP contribution < -0.4 is 5.32 Å². The number of Topliss-reactive ketones (excluding diaryl/α,β-unsaturated/α-hetero) is 1. The number of carbonyl (C=O) groups excluding carboxylic acids is 2. The fourth-order valence-electron chi connectivity index (χ4n) is 2.99. The molecule has 0 fully saturated rings. The third-order valence-electron chi connectivity index (χ3n) is 4.44. The van der Waals surface area contributed by atoms with Crippen LogP contribution in [0.4, 0.5) is 5.69 Å². The van der Waals surface area contributed by atoms with Gasteiger partial charge in [0.1, 0.15) is 0 Å². The summed E-state index contributed by atoms with van der Waals surface area (Å²) in [5, 5.41) is 11.3. The van der Waals surface area contributed by atoms with Crippen molar-refractivity contribution in [2.75, 3.05) is 11.9 Å². The van der Waals surface area contributed by atoms with Gasteiger partial charge in [-0.05, 0) is 35.8 Å². The maximum Gasteiger partial charge on any atom is 0.259 e. The predicted molar refractivity (Wildman–Crippen MR) is 106 cm³/mol. The molecular formula is C22H23N3O2. The van der Waals surface area contributed by atoms with E-state index >= 15 is 0 Å². The van der Waals surface area contributed by atoms with Crippen molar-refractivity contribution in [1.29, 1.82) is 0 Å². The van der Waals surface area contributed by atoms with Crippen molar-refractivity contribution in [3.05, 3.63) is 71.3 Å². The number of ketones is 1. The van der Waals surface area contributed by atoms with E-state index in [2.05, 4.69) is 22.5 Å². The summed E-state index contributed by atoms with van der Waals surface area (Å²) in [5.41, 5.74) is 2.37.